The van der Waals surface area contributed by atoms with Gasteiger partial charge < -0.3 is 21.3 Å². The van der Waals surface area contributed by atoms with Gasteiger partial charge >= 0.3 is 0 Å². The molecule has 21 heavy (non-hydrogen) atoms. The van der Waals surface area contributed by atoms with Gasteiger partial charge in [-0.3, -0.25) is 0 Å². The number of anilines is 2. The van der Waals surface area contributed by atoms with Crippen molar-refractivity contribution in [3.63, 3.8) is 0 Å². The summed E-state index contributed by atoms with van der Waals surface area (Å²) in [5.41, 5.74) is 11.1. The van der Waals surface area contributed by atoms with Crippen LogP contribution in [0.3, 0.4) is 0 Å². The van der Waals surface area contributed by atoms with Crippen molar-refractivity contribution in [2.45, 2.75) is 64.6 Å². The summed E-state index contributed by atoms with van der Waals surface area (Å²) in [5.74, 6) is 0.673. The van der Waals surface area contributed by atoms with Crippen LogP contribution in [-0.2, 0) is 4.74 Å². The van der Waals surface area contributed by atoms with Crippen LogP contribution in [0.4, 0.5) is 11.9 Å². The molecule has 1 aromatic rings. The van der Waals surface area contributed by atoms with Crippen LogP contribution in [-0.4, -0.2) is 38.9 Å². The van der Waals surface area contributed by atoms with Gasteiger partial charge in [0.25, 0.3) is 0 Å². The maximum absolute atomic E-state index is 10.1. The van der Waals surface area contributed by atoms with E-state index in [4.69, 9.17) is 16.2 Å². The second-order valence-electron chi connectivity index (χ2n) is 5.33. The highest BCUT2D eigenvalue weighted by atomic mass is 16.5. The minimum atomic E-state index is -0.435. The summed E-state index contributed by atoms with van der Waals surface area (Å²) in [4.78, 5) is 11.9. The lowest BCUT2D eigenvalue weighted by Gasteiger charge is -2.24. The molecule has 1 aromatic heterocycles. The molecule has 1 heterocycles. The molecule has 0 fully saturated rings. The van der Waals surface area contributed by atoms with Gasteiger partial charge in [-0.1, -0.05) is 33.6 Å². The fraction of sp³-hybridized carbons (Fsp3) is 0.786. The van der Waals surface area contributed by atoms with Gasteiger partial charge in [-0.25, -0.2) is 0 Å². The van der Waals surface area contributed by atoms with Crippen LogP contribution in [0.25, 0.3) is 0 Å². The van der Waals surface area contributed by atoms with E-state index in [0.29, 0.717) is 12.4 Å². The van der Waals surface area contributed by atoms with Gasteiger partial charge in [0.05, 0.1) is 18.8 Å². The van der Waals surface area contributed by atoms with Crippen molar-refractivity contribution in [1.82, 2.24) is 15.0 Å². The zero-order valence-corrected chi connectivity index (χ0v) is 13.1. The number of hydrogen-bond donors (Lipinski definition) is 3. The van der Waals surface area contributed by atoms with E-state index >= 15 is 0 Å². The van der Waals surface area contributed by atoms with Gasteiger partial charge in [0.1, 0.15) is 5.82 Å². The number of ether oxygens (including phenoxy) is 1. The van der Waals surface area contributed by atoms with Crippen molar-refractivity contribution < 1.29 is 9.84 Å². The SMILES string of the molecule is CCCC(O)C(CCC)OCC(C)c1nc(N)nc(N)n1. The van der Waals surface area contributed by atoms with E-state index in [0.717, 1.165) is 25.7 Å². The Bertz CT molecular complexity index is 410. The second-order valence-corrected chi connectivity index (χ2v) is 5.33. The van der Waals surface area contributed by atoms with E-state index in [2.05, 4.69) is 21.9 Å². The zero-order chi connectivity index (χ0) is 15.8. The molecule has 0 aliphatic rings. The minimum Gasteiger partial charge on any atom is -0.390 e. The summed E-state index contributed by atoms with van der Waals surface area (Å²) in [5, 5.41) is 10.1. The summed E-state index contributed by atoms with van der Waals surface area (Å²) < 4.78 is 5.86. The third-order valence-corrected chi connectivity index (χ3v) is 3.28. The third kappa shape index (κ3) is 5.81. The van der Waals surface area contributed by atoms with E-state index < -0.39 is 6.10 Å². The number of hydrogen-bond acceptors (Lipinski definition) is 7. The summed E-state index contributed by atoms with van der Waals surface area (Å²) in [6, 6.07) is 0. The van der Waals surface area contributed by atoms with Gasteiger partial charge in [-0.05, 0) is 12.8 Å². The molecule has 7 nitrogen and oxygen atoms in total. The molecule has 0 aliphatic heterocycles. The number of aliphatic hydroxyl groups excluding tert-OH is 1. The Morgan fingerprint density at radius 3 is 2.14 bits per heavy atom. The number of nitrogens with two attached hydrogens (primary N) is 2. The second kappa shape index (κ2) is 8.74. The number of rotatable bonds is 9. The lowest BCUT2D eigenvalue weighted by Crippen LogP contribution is -2.30. The van der Waals surface area contributed by atoms with Crippen molar-refractivity contribution in [3.8, 4) is 0 Å². The Kier molecular flexibility index (Phi) is 7.31. The average Bonchev–Trinajstić information content (AvgIpc) is 2.42. The Labute approximate surface area is 126 Å². The van der Waals surface area contributed by atoms with Crippen LogP contribution in [0.15, 0.2) is 0 Å². The Morgan fingerprint density at radius 1 is 1.05 bits per heavy atom. The first-order chi connectivity index (χ1) is 9.97. The van der Waals surface area contributed by atoms with Gasteiger partial charge in [-0.15, -0.1) is 0 Å². The fourth-order valence-electron chi connectivity index (χ4n) is 2.14. The van der Waals surface area contributed by atoms with Crippen molar-refractivity contribution in [2.24, 2.45) is 0 Å². The molecule has 0 saturated heterocycles. The molecular formula is C14H27N5O2. The molecule has 0 aromatic carbocycles. The summed E-state index contributed by atoms with van der Waals surface area (Å²) in [6.07, 6.45) is 2.87. The zero-order valence-electron chi connectivity index (χ0n) is 13.1. The van der Waals surface area contributed by atoms with Crippen LogP contribution in [0.5, 0.6) is 0 Å². The minimum absolute atomic E-state index is 0.0641. The van der Waals surface area contributed by atoms with E-state index in [9.17, 15) is 5.11 Å². The average molecular weight is 297 g/mol. The topological polar surface area (TPSA) is 120 Å². The van der Waals surface area contributed by atoms with Gasteiger partial charge in [0, 0.05) is 5.92 Å². The van der Waals surface area contributed by atoms with Gasteiger partial charge in [-0.2, -0.15) is 15.0 Å². The molecule has 0 amide bonds. The number of aliphatic hydroxyl groups is 1. The maximum Gasteiger partial charge on any atom is 0.225 e. The number of nitrogens with zero attached hydrogens (tertiary/aromatic N) is 3. The van der Waals surface area contributed by atoms with Gasteiger partial charge in [0.15, 0.2) is 0 Å². The van der Waals surface area contributed by atoms with Crippen molar-refractivity contribution in [3.05, 3.63) is 5.82 Å². The molecule has 0 saturated carbocycles. The molecule has 3 atom stereocenters. The molecule has 0 aliphatic carbocycles. The molecule has 0 bridgehead atoms. The van der Waals surface area contributed by atoms with Crippen LogP contribution in [0, 0.1) is 0 Å². The van der Waals surface area contributed by atoms with E-state index in [-0.39, 0.29) is 23.9 Å². The summed E-state index contributed by atoms with van der Waals surface area (Å²) in [7, 11) is 0. The first-order valence-corrected chi connectivity index (χ1v) is 7.54. The van der Waals surface area contributed by atoms with Crippen LogP contribution < -0.4 is 11.5 Å². The first kappa shape index (κ1) is 17.6. The molecule has 5 N–H and O–H groups in total. The van der Waals surface area contributed by atoms with Crippen LogP contribution in [0.2, 0.25) is 0 Å². The quantitative estimate of drug-likeness (QED) is 0.631. The number of aromatic nitrogens is 3. The molecule has 1 rings (SSSR count). The fourth-order valence-corrected chi connectivity index (χ4v) is 2.14. The Hall–Kier alpha value is -1.47. The predicted octanol–water partition coefficient (Wildman–Crippen LogP) is 1.49. The largest absolute Gasteiger partial charge is 0.390 e. The number of nitrogen functional groups attached to an aromatic ring is 2. The molecule has 0 radical (unpaired) electrons. The third-order valence-electron chi connectivity index (χ3n) is 3.28. The Morgan fingerprint density at radius 2 is 1.62 bits per heavy atom. The van der Waals surface area contributed by atoms with Crippen LogP contribution in [0.1, 0.15) is 58.2 Å². The standard InChI is InChI=1S/C14H27N5O2/c1-4-6-10(20)11(7-5-2)21-8-9(3)12-17-13(15)19-14(16)18-12/h9-11,20H,4-8H2,1-3H3,(H4,15,16,17,18,19). The van der Waals surface area contributed by atoms with Crippen molar-refractivity contribution >= 4 is 11.9 Å². The molecule has 7 heteroatoms. The lowest BCUT2D eigenvalue weighted by atomic mass is 10.0. The molecule has 3 unspecified atom stereocenters. The highest BCUT2D eigenvalue weighted by Crippen LogP contribution is 2.17. The van der Waals surface area contributed by atoms with E-state index in [1.54, 1.807) is 0 Å². The normalized spacial score (nSPS) is 15.6. The Balaban J connectivity index is 2.61. The smallest absolute Gasteiger partial charge is 0.225 e. The van der Waals surface area contributed by atoms with E-state index in [1.807, 2.05) is 13.8 Å². The molecule has 0 spiro atoms. The predicted molar refractivity (Wildman–Crippen MR) is 82.6 cm³/mol. The van der Waals surface area contributed by atoms with Crippen molar-refractivity contribution in [1.29, 1.82) is 0 Å². The first-order valence-electron chi connectivity index (χ1n) is 7.54. The molecular weight excluding hydrogens is 270 g/mol. The highest BCUT2D eigenvalue weighted by Gasteiger charge is 2.20. The lowest BCUT2D eigenvalue weighted by molar-refractivity contribution is -0.0489. The van der Waals surface area contributed by atoms with Gasteiger partial charge in [0.2, 0.25) is 11.9 Å². The monoisotopic (exact) mass is 297 g/mol. The highest BCUT2D eigenvalue weighted by molar-refractivity contribution is 5.26. The van der Waals surface area contributed by atoms with Crippen molar-refractivity contribution in [2.75, 3.05) is 18.1 Å². The van der Waals surface area contributed by atoms with E-state index in [1.165, 1.54) is 0 Å². The summed E-state index contributed by atoms with van der Waals surface area (Å²) in [6.45, 7) is 6.47. The molecule has 120 valence electrons. The van der Waals surface area contributed by atoms with Crippen LogP contribution >= 0.6 is 0 Å². The maximum atomic E-state index is 10.1. The summed E-state index contributed by atoms with van der Waals surface area (Å²) >= 11 is 0.